The third-order valence-electron chi connectivity index (χ3n) is 4.69. The van der Waals surface area contributed by atoms with Crippen LogP contribution >= 0.6 is 0 Å². The maximum atomic E-state index is 12.5. The zero-order chi connectivity index (χ0) is 19.9. The van der Waals surface area contributed by atoms with Crippen molar-refractivity contribution in [3.8, 4) is 0 Å². The molecule has 1 aromatic heterocycles. The topological polar surface area (TPSA) is 91.4 Å². The van der Waals surface area contributed by atoms with Crippen molar-refractivity contribution >= 4 is 29.2 Å². The first-order chi connectivity index (χ1) is 13.6. The van der Waals surface area contributed by atoms with Gasteiger partial charge in [0, 0.05) is 37.0 Å². The molecule has 0 bridgehead atoms. The molecule has 0 spiro atoms. The smallest absolute Gasteiger partial charge is 0.256 e. The number of hydrogen-bond donors (Lipinski definition) is 2. The molecule has 1 aromatic carbocycles. The van der Waals surface area contributed by atoms with Gasteiger partial charge in [-0.3, -0.25) is 14.4 Å². The van der Waals surface area contributed by atoms with Gasteiger partial charge in [-0.25, -0.2) is 4.98 Å². The van der Waals surface area contributed by atoms with Crippen molar-refractivity contribution in [3.63, 3.8) is 0 Å². The number of nitrogens with one attached hydrogen (secondary N) is 2. The van der Waals surface area contributed by atoms with Crippen LogP contribution < -0.4 is 10.6 Å². The molecule has 1 aliphatic heterocycles. The zero-order valence-corrected chi connectivity index (χ0v) is 15.9. The molecule has 7 heteroatoms. The molecule has 2 N–H and O–H groups in total. The summed E-state index contributed by atoms with van der Waals surface area (Å²) in [5, 5.41) is 5.54. The van der Waals surface area contributed by atoms with E-state index < -0.39 is 0 Å². The van der Waals surface area contributed by atoms with Crippen molar-refractivity contribution in [1.29, 1.82) is 0 Å². The maximum absolute atomic E-state index is 12.5. The van der Waals surface area contributed by atoms with E-state index in [0.29, 0.717) is 30.2 Å². The van der Waals surface area contributed by atoms with Gasteiger partial charge in [0.25, 0.3) is 5.91 Å². The molecule has 3 amide bonds. The largest absolute Gasteiger partial charge is 0.342 e. The second-order valence-corrected chi connectivity index (χ2v) is 6.83. The summed E-state index contributed by atoms with van der Waals surface area (Å²) in [5.41, 5.74) is 1.06. The van der Waals surface area contributed by atoms with Gasteiger partial charge in [0.05, 0.1) is 5.92 Å². The van der Waals surface area contributed by atoms with E-state index in [2.05, 4.69) is 22.5 Å². The van der Waals surface area contributed by atoms with Crippen LogP contribution in [0.25, 0.3) is 0 Å². The number of anilines is 2. The second-order valence-electron chi connectivity index (χ2n) is 6.83. The molecular formula is C21H24N4O3. The zero-order valence-electron chi connectivity index (χ0n) is 15.9. The van der Waals surface area contributed by atoms with Crippen molar-refractivity contribution < 1.29 is 14.4 Å². The van der Waals surface area contributed by atoms with Gasteiger partial charge in [-0.05, 0) is 42.8 Å². The summed E-state index contributed by atoms with van der Waals surface area (Å²) in [7, 11) is 0. The standard InChI is InChI=1S/C21H24N4O3/c1-2-3-12-25-14-16(13-19(25)26)21(28)23-17-9-7-15(8-10-17)20(27)24-18-6-4-5-11-22-18/h4-11,16H,2-3,12-14H2,1H3,(H,23,28)(H,22,24,27). The molecule has 3 rings (SSSR count). The number of carbonyl (C=O) groups excluding carboxylic acids is 3. The first kappa shape index (κ1) is 19.5. The molecule has 7 nitrogen and oxygen atoms in total. The van der Waals surface area contributed by atoms with Crippen LogP contribution in [0.5, 0.6) is 0 Å². The number of unbranched alkanes of at least 4 members (excludes halogenated alkanes) is 1. The van der Waals surface area contributed by atoms with Gasteiger partial charge in [0.2, 0.25) is 11.8 Å². The Morgan fingerprint density at radius 3 is 2.61 bits per heavy atom. The van der Waals surface area contributed by atoms with Crippen LogP contribution in [-0.2, 0) is 9.59 Å². The minimum atomic E-state index is -0.337. The number of carbonyl (C=O) groups is 3. The normalized spacial score (nSPS) is 16.1. The Hall–Kier alpha value is -3.22. The summed E-state index contributed by atoms with van der Waals surface area (Å²) in [6, 6.07) is 11.9. The quantitative estimate of drug-likeness (QED) is 0.773. The fraction of sp³-hybridized carbons (Fsp3) is 0.333. The van der Waals surface area contributed by atoms with Crippen molar-refractivity contribution in [3.05, 3.63) is 54.2 Å². The fourth-order valence-corrected chi connectivity index (χ4v) is 3.09. The van der Waals surface area contributed by atoms with Gasteiger partial charge in [-0.15, -0.1) is 0 Å². The summed E-state index contributed by atoms with van der Waals surface area (Å²) < 4.78 is 0. The van der Waals surface area contributed by atoms with E-state index in [9.17, 15) is 14.4 Å². The number of likely N-dealkylation sites (tertiary alicyclic amines) is 1. The molecule has 2 heterocycles. The molecule has 1 atom stereocenters. The molecule has 2 aromatic rings. The third kappa shape index (κ3) is 4.94. The average molecular weight is 380 g/mol. The number of pyridine rings is 1. The monoisotopic (exact) mass is 380 g/mol. The Bertz CT molecular complexity index is 836. The predicted molar refractivity (Wildman–Crippen MR) is 107 cm³/mol. The van der Waals surface area contributed by atoms with Crippen molar-refractivity contribution in [1.82, 2.24) is 9.88 Å². The van der Waals surface area contributed by atoms with Crippen LogP contribution in [-0.4, -0.2) is 40.7 Å². The van der Waals surface area contributed by atoms with E-state index in [-0.39, 0.29) is 30.1 Å². The summed E-state index contributed by atoms with van der Waals surface area (Å²) >= 11 is 0. The Labute approximate surface area is 164 Å². The molecule has 0 radical (unpaired) electrons. The van der Waals surface area contributed by atoms with E-state index in [4.69, 9.17) is 0 Å². The van der Waals surface area contributed by atoms with Crippen LogP contribution in [0.15, 0.2) is 48.7 Å². The van der Waals surface area contributed by atoms with Crippen LogP contribution in [0.1, 0.15) is 36.5 Å². The van der Waals surface area contributed by atoms with Crippen LogP contribution in [0.2, 0.25) is 0 Å². The van der Waals surface area contributed by atoms with E-state index >= 15 is 0 Å². The number of aromatic nitrogens is 1. The minimum absolute atomic E-state index is 0.0372. The van der Waals surface area contributed by atoms with E-state index in [1.807, 2.05) is 0 Å². The molecule has 1 aliphatic rings. The summed E-state index contributed by atoms with van der Waals surface area (Å²) in [6.45, 7) is 3.25. The van der Waals surface area contributed by atoms with Crippen LogP contribution in [0.3, 0.4) is 0 Å². The molecule has 1 unspecified atom stereocenters. The lowest BCUT2D eigenvalue weighted by molar-refractivity contribution is -0.128. The second kappa shape index (κ2) is 9.12. The Morgan fingerprint density at radius 1 is 1.14 bits per heavy atom. The number of benzene rings is 1. The Kier molecular flexibility index (Phi) is 6.37. The van der Waals surface area contributed by atoms with Gasteiger partial charge in [-0.2, -0.15) is 0 Å². The van der Waals surface area contributed by atoms with E-state index in [1.165, 1.54) is 0 Å². The van der Waals surface area contributed by atoms with Gasteiger partial charge >= 0.3 is 0 Å². The number of hydrogen-bond acceptors (Lipinski definition) is 4. The SMILES string of the molecule is CCCCN1CC(C(=O)Nc2ccc(C(=O)Nc3ccccn3)cc2)CC1=O. The molecule has 0 aliphatic carbocycles. The van der Waals surface area contributed by atoms with Crippen molar-refractivity contribution in [2.24, 2.45) is 5.92 Å². The predicted octanol–water partition coefficient (Wildman–Crippen LogP) is 2.92. The third-order valence-corrected chi connectivity index (χ3v) is 4.69. The molecule has 1 saturated heterocycles. The van der Waals surface area contributed by atoms with Crippen molar-refractivity contribution in [2.75, 3.05) is 23.7 Å². The van der Waals surface area contributed by atoms with Gasteiger partial charge in [0.1, 0.15) is 5.82 Å². The highest BCUT2D eigenvalue weighted by atomic mass is 16.2. The lowest BCUT2D eigenvalue weighted by atomic mass is 10.1. The first-order valence-corrected chi connectivity index (χ1v) is 9.48. The number of nitrogens with zero attached hydrogens (tertiary/aromatic N) is 2. The maximum Gasteiger partial charge on any atom is 0.256 e. The Morgan fingerprint density at radius 2 is 1.93 bits per heavy atom. The average Bonchev–Trinajstić information content (AvgIpc) is 3.08. The fourth-order valence-electron chi connectivity index (χ4n) is 3.09. The molecule has 28 heavy (non-hydrogen) atoms. The summed E-state index contributed by atoms with van der Waals surface area (Å²) in [6.07, 6.45) is 3.81. The highest BCUT2D eigenvalue weighted by Crippen LogP contribution is 2.21. The van der Waals surface area contributed by atoms with Gasteiger partial charge in [-0.1, -0.05) is 19.4 Å². The Balaban J connectivity index is 1.54. The van der Waals surface area contributed by atoms with Crippen molar-refractivity contribution in [2.45, 2.75) is 26.2 Å². The molecule has 0 saturated carbocycles. The number of amides is 3. The van der Waals surface area contributed by atoms with E-state index in [0.717, 1.165) is 12.8 Å². The summed E-state index contributed by atoms with van der Waals surface area (Å²) in [5.74, 6) is -0.266. The van der Waals surface area contributed by atoms with Crippen LogP contribution in [0.4, 0.5) is 11.5 Å². The highest BCUT2D eigenvalue weighted by Gasteiger charge is 2.33. The number of rotatable bonds is 7. The molecule has 1 fully saturated rings. The molecular weight excluding hydrogens is 356 g/mol. The lowest BCUT2D eigenvalue weighted by Gasteiger charge is -2.16. The lowest BCUT2D eigenvalue weighted by Crippen LogP contribution is -2.29. The summed E-state index contributed by atoms with van der Waals surface area (Å²) in [4.78, 5) is 42.5. The molecule has 146 valence electrons. The van der Waals surface area contributed by atoms with Gasteiger partial charge < -0.3 is 15.5 Å². The first-order valence-electron chi connectivity index (χ1n) is 9.48. The van der Waals surface area contributed by atoms with E-state index in [1.54, 1.807) is 53.6 Å². The minimum Gasteiger partial charge on any atom is -0.342 e. The van der Waals surface area contributed by atoms with Crippen LogP contribution in [0, 0.1) is 5.92 Å². The van der Waals surface area contributed by atoms with Gasteiger partial charge in [0.15, 0.2) is 0 Å². The highest BCUT2D eigenvalue weighted by molar-refractivity contribution is 6.04.